The van der Waals surface area contributed by atoms with E-state index in [0.29, 0.717) is 40.2 Å². The van der Waals surface area contributed by atoms with Gasteiger partial charge in [-0.25, -0.2) is 13.4 Å². The highest BCUT2D eigenvalue weighted by Crippen LogP contribution is 2.56. The molecule has 1 aromatic heterocycles. The average molecular weight is 480 g/mol. The molecule has 1 heterocycles. The van der Waals surface area contributed by atoms with Crippen LogP contribution in [0.5, 0.6) is 0 Å². The first-order valence-electron chi connectivity index (χ1n) is 10.7. The van der Waals surface area contributed by atoms with Gasteiger partial charge in [-0.3, -0.25) is 4.84 Å². The zero-order valence-electron chi connectivity index (χ0n) is 17.6. The highest BCUT2D eigenvalue weighted by atomic mass is 35.5. The van der Waals surface area contributed by atoms with Gasteiger partial charge in [0.05, 0.1) is 23.8 Å². The van der Waals surface area contributed by atoms with E-state index >= 15 is 0 Å². The summed E-state index contributed by atoms with van der Waals surface area (Å²) in [5, 5.41) is 17.8. The maximum atomic E-state index is 12.2. The molecule has 11 heteroatoms. The van der Waals surface area contributed by atoms with Crippen LogP contribution in [0.3, 0.4) is 0 Å². The van der Waals surface area contributed by atoms with Crippen molar-refractivity contribution in [2.24, 2.45) is 17.8 Å². The van der Waals surface area contributed by atoms with E-state index < -0.39 is 15.6 Å². The summed E-state index contributed by atoms with van der Waals surface area (Å²) in [6, 6.07) is 6.48. The summed E-state index contributed by atoms with van der Waals surface area (Å²) in [7, 11) is -2.55. The molecule has 9 nitrogen and oxygen atoms in total. The molecule has 2 atom stereocenters. The van der Waals surface area contributed by atoms with Gasteiger partial charge in [0.25, 0.3) is 10.0 Å². The number of halogens is 1. The fourth-order valence-electron chi connectivity index (χ4n) is 5.93. The van der Waals surface area contributed by atoms with Gasteiger partial charge in [-0.15, -0.1) is 0 Å². The summed E-state index contributed by atoms with van der Waals surface area (Å²) >= 11 is 6.39. The molecule has 0 amide bonds. The molecule has 4 bridgehead atoms. The van der Waals surface area contributed by atoms with E-state index in [2.05, 4.69) is 25.4 Å². The standard InChI is InChI=1S/C21H26ClN5O4S/c1-31-27-32(29,30)16-4-2-3-15(7-16)24-20-23-11-17(22)19(26-20)25-18-13-5-12-6-14(18)10-21(28,8-12)9-13/h2-4,7,11-14,18,27-28H,5-6,8-10H2,1H3,(H2,23,24,25,26)/t12?,13?,14?,18-,21+. The predicted molar refractivity (Wildman–Crippen MR) is 120 cm³/mol. The third kappa shape index (κ3) is 4.17. The van der Waals surface area contributed by atoms with Crippen LogP contribution in [-0.2, 0) is 14.9 Å². The minimum absolute atomic E-state index is 0.0446. The molecular formula is C21H26ClN5O4S. The van der Waals surface area contributed by atoms with E-state index in [4.69, 9.17) is 11.6 Å². The Morgan fingerprint density at radius 3 is 2.66 bits per heavy atom. The van der Waals surface area contributed by atoms with Crippen LogP contribution in [0.15, 0.2) is 35.4 Å². The average Bonchev–Trinajstić information content (AvgIpc) is 2.72. The molecule has 4 aliphatic carbocycles. The quantitative estimate of drug-likeness (QED) is 0.446. The normalized spacial score (nSPS) is 31.0. The Morgan fingerprint density at radius 2 is 1.97 bits per heavy atom. The van der Waals surface area contributed by atoms with Crippen molar-refractivity contribution in [3.05, 3.63) is 35.5 Å². The van der Waals surface area contributed by atoms with Gasteiger partial charge in [0.1, 0.15) is 5.02 Å². The van der Waals surface area contributed by atoms with Crippen molar-refractivity contribution < 1.29 is 18.4 Å². The number of sulfonamides is 1. The number of benzene rings is 1. The van der Waals surface area contributed by atoms with Gasteiger partial charge in [0, 0.05) is 11.7 Å². The van der Waals surface area contributed by atoms with Crippen molar-refractivity contribution in [3.63, 3.8) is 0 Å². The van der Waals surface area contributed by atoms with Crippen LogP contribution in [0.25, 0.3) is 0 Å². The molecule has 0 radical (unpaired) electrons. The molecule has 1 aromatic carbocycles. The van der Waals surface area contributed by atoms with Crippen molar-refractivity contribution in [2.75, 3.05) is 17.7 Å². The van der Waals surface area contributed by atoms with Crippen LogP contribution < -0.4 is 15.5 Å². The molecule has 0 spiro atoms. The number of hydrogen-bond donors (Lipinski definition) is 4. The van der Waals surface area contributed by atoms with E-state index in [0.717, 1.165) is 32.1 Å². The number of nitrogens with one attached hydrogen (secondary N) is 3. The number of rotatable bonds is 7. The van der Waals surface area contributed by atoms with Gasteiger partial charge in [-0.1, -0.05) is 22.6 Å². The summed E-state index contributed by atoms with van der Waals surface area (Å²) in [5.74, 6) is 2.27. The van der Waals surface area contributed by atoms with Crippen LogP contribution in [0.4, 0.5) is 17.5 Å². The third-order valence-electron chi connectivity index (χ3n) is 6.88. The topological polar surface area (TPSA) is 125 Å². The molecule has 0 aliphatic heterocycles. The predicted octanol–water partition coefficient (Wildman–Crippen LogP) is 3.06. The summed E-state index contributed by atoms with van der Waals surface area (Å²) in [5.41, 5.74) is 0.00831. The van der Waals surface area contributed by atoms with Crippen molar-refractivity contribution in [1.29, 1.82) is 0 Å². The van der Waals surface area contributed by atoms with Crippen molar-refractivity contribution in [3.8, 4) is 0 Å². The molecule has 6 rings (SSSR count). The number of aliphatic hydroxyl groups is 1. The van der Waals surface area contributed by atoms with Gasteiger partial charge in [-0.05, 0) is 68.1 Å². The zero-order valence-corrected chi connectivity index (χ0v) is 19.2. The van der Waals surface area contributed by atoms with Gasteiger partial charge in [-0.2, -0.15) is 4.98 Å². The number of nitrogens with zero attached hydrogens (tertiary/aromatic N) is 2. The van der Waals surface area contributed by atoms with Gasteiger partial charge in [0.15, 0.2) is 5.82 Å². The molecule has 4 N–H and O–H groups in total. The highest BCUT2D eigenvalue weighted by molar-refractivity contribution is 7.89. The Morgan fingerprint density at radius 1 is 1.22 bits per heavy atom. The Labute approximate surface area is 192 Å². The largest absolute Gasteiger partial charge is 0.390 e. The SMILES string of the molecule is CONS(=O)(=O)c1cccc(Nc2ncc(Cl)c(N[C@H]3C4CC5CC3C[C@@](O)(C5)C4)n2)c1. The molecule has 32 heavy (non-hydrogen) atoms. The second-order valence-electron chi connectivity index (χ2n) is 9.20. The summed E-state index contributed by atoms with van der Waals surface area (Å²) in [6.45, 7) is 0. The summed E-state index contributed by atoms with van der Waals surface area (Å²) in [6.07, 6.45) is 6.35. The first-order valence-corrected chi connectivity index (χ1v) is 12.5. The van der Waals surface area contributed by atoms with E-state index in [1.165, 1.54) is 25.4 Å². The highest BCUT2D eigenvalue weighted by Gasteiger charge is 2.54. The lowest BCUT2D eigenvalue weighted by atomic mass is 9.52. The van der Waals surface area contributed by atoms with Crippen LogP contribution in [0.2, 0.25) is 5.02 Å². The van der Waals surface area contributed by atoms with E-state index in [-0.39, 0.29) is 10.9 Å². The second kappa shape index (κ2) is 8.11. The minimum atomic E-state index is -3.78. The Kier molecular flexibility index (Phi) is 5.53. The fourth-order valence-corrected chi connectivity index (χ4v) is 6.93. The van der Waals surface area contributed by atoms with Crippen molar-refractivity contribution in [2.45, 2.75) is 48.6 Å². The molecule has 4 aliphatic rings. The molecule has 4 saturated carbocycles. The van der Waals surface area contributed by atoms with E-state index in [9.17, 15) is 13.5 Å². The van der Waals surface area contributed by atoms with E-state index in [1.807, 2.05) is 4.89 Å². The monoisotopic (exact) mass is 479 g/mol. The molecular weight excluding hydrogens is 454 g/mol. The number of aromatic nitrogens is 2. The zero-order chi connectivity index (χ0) is 22.5. The smallest absolute Gasteiger partial charge is 0.262 e. The minimum Gasteiger partial charge on any atom is -0.390 e. The van der Waals surface area contributed by atoms with Crippen molar-refractivity contribution in [1.82, 2.24) is 14.9 Å². The van der Waals surface area contributed by atoms with Crippen LogP contribution in [0.1, 0.15) is 32.1 Å². The Bertz CT molecular complexity index is 1110. The lowest BCUT2D eigenvalue weighted by Crippen LogP contribution is -2.59. The fraction of sp³-hybridized carbons (Fsp3) is 0.524. The van der Waals surface area contributed by atoms with E-state index in [1.54, 1.807) is 12.1 Å². The summed E-state index contributed by atoms with van der Waals surface area (Å²) < 4.78 is 24.3. The first kappa shape index (κ1) is 21.8. The maximum absolute atomic E-state index is 12.2. The molecule has 0 saturated heterocycles. The lowest BCUT2D eigenvalue weighted by Gasteiger charge is -2.58. The molecule has 2 unspecified atom stereocenters. The first-order chi connectivity index (χ1) is 15.2. The number of hydrogen-bond acceptors (Lipinski definition) is 8. The summed E-state index contributed by atoms with van der Waals surface area (Å²) in [4.78, 5) is 15.4. The Hall–Kier alpha value is -1.98. The van der Waals surface area contributed by atoms with Crippen LogP contribution in [0, 0.1) is 17.8 Å². The second-order valence-corrected chi connectivity index (χ2v) is 11.3. The van der Waals surface area contributed by atoms with Crippen LogP contribution >= 0.6 is 11.6 Å². The maximum Gasteiger partial charge on any atom is 0.262 e. The lowest BCUT2D eigenvalue weighted by molar-refractivity contribution is -0.129. The van der Waals surface area contributed by atoms with Gasteiger partial charge < -0.3 is 15.7 Å². The van der Waals surface area contributed by atoms with Crippen LogP contribution in [-0.4, -0.2) is 42.2 Å². The van der Waals surface area contributed by atoms with Gasteiger partial charge >= 0.3 is 0 Å². The van der Waals surface area contributed by atoms with Crippen molar-refractivity contribution >= 4 is 39.1 Å². The third-order valence-corrected chi connectivity index (χ3v) is 8.42. The molecule has 4 fully saturated rings. The Balaban J connectivity index is 1.34. The van der Waals surface area contributed by atoms with Gasteiger partial charge in [0.2, 0.25) is 5.95 Å². The number of anilines is 3. The molecule has 2 aromatic rings. The molecule has 172 valence electrons.